The molecule has 0 amide bonds. The van der Waals surface area contributed by atoms with E-state index in [9.17, 15) is 0 Å². The zero-order valence-electron chi connectivity index (χ0n) is 17.4. The van der Waals surface area contributed by atoms with Crippen LogP contribution in [0.25, 0.3) is 0 Å². The van der Waals surface area contributed by atoms with E-state index in [1.165, 1.54) is 0 Å². The van der Waals surface area contributed by atoms with Crippen LogP contribution in [-0.2, 0) is 6.54 Å². The molecular weight excluding hydrogens is 571 g/mol. The second-order valence-electron chi connectivity index (χ2n) is 7.57. The predicted molar refractivity (Wildman–Crippen MR) is 147 cm³/mol. The van der Waals surface area contributed by atoms with E-state index in [0.29, 0.717) is 12.0 Å². The molecule has 2 aliphatic carbocycles. The van der Waals surface area contributed by atoms with Crippen LogP contribution in [0, 0.1) is 17.5 Å². The lowest BCUT2D eigenvalue weighted by Gasteiger charge is -2.23. The molecule has 2 aromatic rings. The minimum absolute atomic E-state index is 0.0907. The van der Waals surface area contributed by atoms with Crippen molar-refractivity contribution in [3.8, 4) is 11.6 Å². The molecule has 1 unspecified atom stereocenters. The molecule has 1 aliphatic heterocycles. The van der Waals surface area contributed by atoms with Crippen LogP contribution in [0.2, 0.25) is 0 Å². The fourth-order valence-corrected chi connectivity index (χ4v) is 19.1. The van der Waals surface area contributed by atoms with Gasteiger partial charge >= 0.3 is 0 Å². The smallest absolute Gasteiger partial charge is 0.243 e. The third kappa shape index (κ3) is 5.28. The highest BCUT2D eigenvalue weighted by molar-refractivity contribution is 8.21. The van der Waals surface area contributed by atoms with Crippen molar-refractivity contribution in [2.24, 2.45) is 19.5 Å². The summed E-state index contributed by atoms with van der Waals surface area (Å²) in [7, 11) is -3.18. The molecule has 0 bridgehead atoms. The predicted octanol–water partition coefficient (Wildman–Crippen LogP) is 8.84. The minimum Gasteiger partial charge on any atom is -0.243 e. The SMILES string of the molecule is ClP1(Cl)=NP(Cl)(Cl)=NP(C#CC2C=CC=C2)(c2nnn(Cc3ccccc3)c2C2C=CC=C2)=N1. The molecule has 0 spiro atoms. The van der Waals surface area contributed by atoms with Gasteiger partial charge in [0.25, 0.3) is 11.8 Å². The highest BCUT2D eigenvalue weighted by Crippen LogP contribution is 2.84. The Balaban J connectivity index is 1.75. The average molecular weight is 588 g/mol. The van der Waals surface area contributed by atoms with Crippen molar-refractivity contribution in [2.75, 3.05) is 0 Å². The van der Waals surface area contributed by atoms with Crippen molar-refractivity contribution in [1.82, 2.24) is 15.0 Å². The summed E-state index contributed by atoms with van der Waals surface area (Å²) in [6.07, 6.45) is 15.9. The average Bonchev–Trinajstić information content (AvgIpc) is 3.52. The van der Waals surface area contributed by atoms with Crippen molar-refractivity contribution in [3.63, 3.8) is 0 Å². The molecule has 0 saturated carbocycles. The number of halogens is 4. The summed E-state index contributed by atoms with van der Waals surface area (Å²) in [5, 5.41) is 9.04. The monoisotopic (exact) mass is 586 g/mol. The molecule has 6 nitrogen and oxygen atoms in total. The van der Waals surface area contributed by atoms with Crippen molar-refractivity contribution in [1.29, 1.82) is 0 Å². The second-order valence-corrected chi connectivity index (χ2v) is 20.1. The quantitative estimate of drug-likeness (QED) is 0.265. The molecule has 0 saturated heterocycles. The topological polar surface area (TPSA) is 67.8 Å². The Morgan fingerprint density at radius 3 is 2.15 bits per heavy atom. The van der Waals surface area contributed by atoms with E-state index >= 15 is 0 Å². The Hall–Kier alpha value is -1.27. The third-order valence-electron chi connectivity index (χ3n) is 5.11. The Bertz CT molecular complexity index is 1450. The first-order chi connectivity index (χ1) is 16.3. The van der Waals surface area contributed by atoms with Gasteiger partial charge < -0.3 is 0 Å². The van der Waals surface area contributed by atoms with Gasteiger partial charge in [0, 0.05) is 5.92 Å². The summed E-state index contributed by atoms with van der Waals surface area (Å²) in [5.41, 5.74) is 5.66. The third-order valence-corrected chi connectivity index (χ3v) is 16.8. The summed E-state index contributed by atoms with van der Waals surface area (Å²) in [4.78, 5) is 0. The summed E-state index contributed by atoms with van der Waals surface area (Å²) in [5.74, 6) is -3.42. The minimum atomic E-state index is -3.23. The summed E-state index contributed by atoms with van der Waals surface area (Å²) >= 11 is 26.1. The lowest BCUT2D eigenvalue weighted by molar-refractivity contribution is 0.618. The number of hydrogen-bond donors (Lipinski definition) is 0. The molecular formula is C21H17Cl4N6P3. The van der Waals surface area contributed by atoms with Crippen molar-refractivity contribution >= 4 is 69.4 Å². The molecule has 1 atom stereocenters. The number of benzene rings is 1. The van der Waals surface area contributed by atoms with Crippen LogP contribution in [0.1, 0.15) is 17.2 Å². The molecule has 3 aliphatic rings. The Morgan fingerprint density at radius 1 is 0.824 bits per heavy atom. The number of aromatic nitrogens is 3. The fraction of sp³-hybridized carbons (Fsp3) is 0.143. The first kappa shape index (κ1) is 24.4. The van der Waals surface area contributed by atoms with Gasteiger partial charge in [0.2, 0.25) is 7.21 Å². The molecule has 0 N–H and O–H groups in total. The van der Waals surface area contributed by atoms with Gasteiger partial charge in [0.1, 0.15) is 0 Å². The van der Waals surface area contributed by atoms with E-state index in [-0.39, 0.29) is 11.8 Å². The van der Waals surface area contributed by atoms with Gasteiger partial charge in [0.05, 0.1) is 18.2 Å². The van der Waals surface area contributed by atoms with Crippen molar-refractivity contribution in [3.05, 3.63) is 90.2 Å². The largest absolute Gasteiger partial charge is 0.256 e. The lowest BCUT2D eigenvalue weighted by Crippen LogP contribution is -2.16. The van der Waals surface area contributed by atoms with Crippen LogP contribution in [-0.4, -0.2) is 15.0 Å². The van der Waals surface area contributed by atoms with Crippen LogP contribution >= 0.6 is 64.0 Å². The van der Waals surface area contributed by atoms with Crippen LogP contribution in [0.5, 0.6) is 0 Å². The summed E-state index contributed by atoms with van der Waals surface area (Å²) < 4.78 is 15.4. The van der Waals surface area contributed by atoms with E-state index in [0.717, 1.165) is 11.3 Å². The molecule has 0 fully saturated rings. The molecule has 13 heteroatoms. The molecule has 1 aromatic heterocycles. The fourth-order valence-electron chi connectivity index (χ4n) is 3.71. The summed E-state index contributed by atoms with van der Waals surface area (Å²) in [6, 6.07) is 10.0. The number of nitrogens with zero attached hydrogens (tertiary/aromatic N) is 6. The Labute approximate surface area is 217 Å². The van der Waals surface area contributed by atoms with Gasteiger partial charge in [-0.1, -0.05) is 90.1 Å². The summed E-state index contributed by atoms with van der Waals surface area (Å²) in [6.45, 7) is 0.511. The van der Waals surface area contributed by atoms with Gasteiger partial charge in [-0.2, -0.15) is 13.5 Å². The zero-order valence-corrected chi connectivity index (χ0v) is 23.1. The van der Waals surface area contributed by atoms with Crippen molar-refractivity contribution < 1.29 is 0 Å². The zero-order chi connectivity index (χ0) is 23.8. The standard InChI is InChI=1S/C21H17Cl4N6P3/c22-33(23)28-32(29-34(24,25)30-33,15-14-17-8-4-5-9-17)21-20(19-12-6-7-13-19)31(27-26-21)16-18-10-2-1-3-11-18/h1-13,17,19H,16H2. The number of hydrogen-bond acceptors (Lipinski definition) is 5. The maximum absolute atomic E-state index is 6.53. The van der Waals surface area contributed by atoms with Gasteiger partial charge in [-0.3, -0.25) is 0 Å². The van der Waals surface area contributed by atoms with Gasteiger partial charge in [-0.15, -0.1) is 5.10 Å². The van der Waals surface area contributed by atoms with E-state index in [2.05, 4.69) is 38.6 Å². The molecule has 34 heavy (non-hydrogen) atoms. The number of rotatable bonds is 4. The normalized spacial score (nSPS) is 24.4. The Kier molecular flexibility index (Phi) is 6.93. The van der Waals surface area contributed by atoms with Crippen LogP contribution in [0.3, 0.4) is 0 Å². The van der Waals surface area contributed by atoms with Gasteiger partial charge in [-0.05, 0) is 56.2 Å². The maximum Gasteiger partial charge on any atom is 0.256 e. The van der Waals surface area contributed by atoms with Crippen molar-refractivity contribution in [2.45, 2.75) is 12.5 Å². The first-order valence-electron chi connectivity index (χ1n) is 10.2. The van der Waals surface area contributed by atoms with Gasteiger partial charge in [-0.25, -0.2) is 4.68 Å². The van der Waals surface area contributed by atoms with Crippen LogP contribution < -0.4 is 5.44 Å². The molecule has 0 radical (unpaired) electrons. The van der Waals surface area contributed by atoms with E-state index < -0.39 is 19.0 Å². The van der Waals surface area contributed by atoms with Gasteiger partial charge in [0.15, 0.2) is 5.44 Å². The van der Waals surface area contributed by atoms with Crippen LogP contribution in [0.15, 0.2) is 92.5 Å². The first-order valence-corrected chi connectivity index (χ1v) is 18.9. The van der Waals surface area contributed by atoms with E-state index in [4.69, 9.17) is 54.0 Å². The lowest BCUT2D eigenvalue weighted by atomic mass is 10.1. The highest BCUT2D eigenvalue weighted by atomic mass is 35.9. The van der Waals surface area contributed by atoms with E-state index in [1.807, 2.05) is 71.5 Å². The molecule has 5 rings (SSSR count). The Morgan fingerprint density at radius 2 is 1.47 bits per heavy atom. The maximum atomic E-state index is 6.53. The molecule has 174 valence electrons. The number of allylic oxidation sites excluding steroid dienone is 8. The second kappa shape index (κ2) is 9.65. The van der Waals surface area contributed by atoms with Crippen LogP contribution in [0.4, 0.5) is 0 Å². The van der Waals surface area contributed by atoms with E-state index in [1.54, 1.807) is 0 Å². The molecule has 2 heterocycles. The molecule has 1 aromatic carbocycles. The highest BCUT2D eigenvalue weighted by Gasteiger charge is 2.39.